The number of aliphatic hydroxyl groups is 4. The van der Waals surface area contributed by atoms with Crippen molar-refractivity contribution in [1.29, 1.82) is 0 Å². The molecule has 0 radical (unpaired) electrons. The molecule has 1 aromatic carbocycles. The maximum absolute atomic E-state index is 13.9. The molecule has 3 saturated heterocycles. The van der Waals surface area contributed by atoms with Gasteiger partial charge in [-0.15, -0.1) is 0 Å². The number of hydrogen-bond donors (Lipinski definition) is 5. The van der Waals surface area contributed by atoms with E-state index in [4.69, 9.17) is 9.47 Å². The maximum Gasteiger partial charge on any atom is 0.231 e. The molecule has 1 aromatic heterocycles. The Morgan fingerprint density at radius 3 is 2.57 bits per heavy atom. The first-order valence-corrected chi connectivity index (χ1v) is 16.9. The zero-order valence-corrected chi connectivity index (χ0v) is 25.9. The highest BCUT2D eigenvalue weighted by Gasteiger charge is 2.50. The Morgan fingerprint density at radius 2 is 1.80 bits per heavy atom. The van der Waals surface area contributed by atoms with Gasteiger partial charge >= 0.3 is 0 Å². The van der Waals surface area contributed by atoms with Gasteiger partial charge in [-0.2, -0.15) is 0 Å². The molecule has 1 saturated carbocycles. The van der Waals surface area contributed by atoms with Gasteiger partial charge in [-0.3, -0.25) is 14.3 Å². The Bertz CT molecular complexity index is 1300. The number of fused-ring (bicyclic) bond motifs is 4. The fourth-order valence-electron chi connectivity index (χ4n) is 8.71. The second-order valence-corrected chi connectivity index (χ2v) is 13.6. The van der Waals surface area contributed by atoms with E-state index in [1.807, 2.05) is 16.7 Å². The van der Waals surface area contributed by atoms with Gasteiger partial charge in [0.1, 0.15) is 30.2 Å². The summed E-state index contributed by atoms with van der Waals surface area (Å²) in [5.74, 6) is 2.16. The number of benzene rings is 1. The van der Waals surface area contributed by atoms with Crippen LogP contribution in [-0.2, 0) is 15.9 Å². The summed E-state index contributed by atoms with van der Waals surface area (Å²) in [7, 11) is 0. The first kappa shape index (κ1) is 31.9. The molecule has 10 atom stereocenters. The third-order valence-corrected chi connectivity index (χ3v) is 10.8. The van der Waals surface area contributed by atoms with Crippen molar-refractivity contribution in [3.05, 3.63) is 29.5 Å². The molecule has 5 aliphatic rings. The van der Waals surface area contributed by atoms with Crippen LogP contribution in [0.25, 0.3) is 10.9 Å². The highest BCUT2D eigenvalue weighted by Crippen LogP contribution is 2.52. The van der Waals surface area contributed by atoms with Crippen LogP contribution in [0.1, 0.15) is 93.1 Å². The molecule has 7 rings (SSSR count). The molecule has 44 heavy (non-hydrogen) atoms. The highest BCUT2D eigenvalue weighted by atomic mass is 16.7. The Balaban J connectivity index is 1.02. The first-order chi connectivity index (χ1) is 21.3. The lowest BCUT2D eigenvalue weighted by Gasteiger charge is -2.53. The molecule has 0 amide bonds. The lowest BCUT2D eigenvalue weighted by molar-refractivity contribution is -0.301. The van der Waals surface area contributed by atoms with Crippen molar-refractivity contribution in [3.8, 4) is 5.75 Å². The number of carbonyl (C=O) groups excluding carboxylic acids is 1. The van der Waals surface area contributed by atoms with Gasteiger partial charge in [-0.05, 0) is 67.7 Å². The van der Waals surface area contributed by atoms with E-state index in [9.17, 15) is 30.3 Å². The number of rotatable bonds is 12. The Labute approximate surface area is 259 Å². The number of aliphatic hydroxyl groups excluding tert-OH is 4. The van der Waals surface area contributed by atoms with Crippen LogP contribution in [0.2, 0.25) is 0 Å². The Hall–Kier alpha value is -2.05. The van der Waals surface area contributed by atoms with Gasteiger partial charge in [-0.25, -0.2) is 0 Å². The van der Waals surface area contributed by atoms with Crippen LogP contribution in [0.5, 0.6) is 5.75 Å². The standard InChI is InChI=1S/C34H50N2O8/c1-2-21-15-20-16-25-29(21)35(18-20)13-12-23-24-17-22(38)10-11-26(24)36(30(23)25)28(39)9-7-5-3-4-6-8-14-43-34-33(42)32(41)31(40)27(19-37)44-34/h10-11,17,20-21,25,27,29,31-34,37-38,40-42H,2-9,12-16,18-19H2,1H3/t20-,21-,25+,27?,29?,31+,32-,33?,34-/m0/s1. The highest BCUT2D eigenvalue weighted by molar-refractivity contribution is 5.97. The molecule has 5 heterocycles. The van der Waals surface area contributed by atoms with Gasteiger partial charge in [0.05, 0.1) is 12.1 Å². The number of carbonyl (C=O) groups is 1. The van der Waals surface area contributed by atoms with Crippen LogP contribution in [0, 0.1) is 11.8 Å². The number of aromatic hydroxyl groups is 1. The number of nitrogens with zero attached hydrogens (tertiary/aromatic N) is 2. The summed E-state index contributed by atoms with van der Waals surface area (Å²) in [6, 6.07) is 6.00. The maximum atomic E-state index is 13.9. The van der Waals surface area contributed by atoms with E-state index in [-0.39, 0.29) is 11.7 Å². The van der Waals surface area contributed by atoms with Crippen LogP contribution < -0.4 is 0 Å². The quantitative estimate of drug-likeness (QED) is 0.228. The van der Waals surface area contributed by atoms with Crippen molar-refractivity contribution < 1.29 is 39.8 Å². The van der Waals surface area contributed by atoms with Crippen LogP contribution in [0.3, 0.4) is 0 Å². The normalized spacial score (nSPS) is 34.7. The largest absolute Gasteiger partial charge is 0.508 e. The van der Waals surface area contributed by atoms with Crippen LogP contribution in [-0.4, -0.2) is 104 Å². The second kappa shape index (κ2) is 13.7. The zero-order chi connectivity index (χ0) is 31.0. The predicted molar refractivity (Wildman–Crippen MR) is 165 cm³/mol. The van der Waals surface area contributed by atoms with Gasteiger partial charge in [-0.1, -0.05) is 39.0 Å². The lowest BCUT2D eigenvalue weighted by Crippen LogP contribution is -2.59. The van der Waals surface area contributed by atoms with Gasteiger partial charge in [0.15, 0.2) is 6.29 Å². The molecule has 10 nitrogen and oxygen atoms in total. The van der Waals surface area contributed by atoms with Gasteiger partial charge < -0.3 is 35.0 Å². The molecule has 1 aliphatic carbocycles. The molecule has 2 aromatic rings. The number of phenolic OH excluding ortho intramolecular Hbond substituents is 1. The molecule has 4 aliphatic heterocycles. The molecule has 4 bridgehead atoms. The fraction of sp³-hybridized carbons (Fsp3) is 0.735. The van der Waals surface area contributed by atoms with Crippen molar-refractivity contribution >= 4 is 16.8 Å². The minimum Gasteiger partial charge on any atom is -0.508 e. The van der Waals surface area contributed by atoms with E-state index >= 15 is 0 Å². The Morgan fingerprint density at radius 1 is 1.02 bits per heavy atom. The molecular formula is C34H50N2O8. The average molecular weight is 615 g/mol. The Kier molecular flexibility index (Phi) is 9.97. The predicted octanol–water partition coefficient (Wildman–Crippen LogP) is 3.29. The van der Waals surface area contributed by atoms with Crippen molar-refractivity contribution in [3.63, 3.8) is 0 Å². The van der Waals surface area contributed by atoms with Crippen LogP contribution >= 0.6 is 0 Å². The number of unbranched alkanes of at least 4 members (excludes halogenated alkanes) is 5. The topological polar surface area (TPSA) is 145 Å². The molecule has 4 fully saturated rings. The summed E-state index contributed by atoms with van der Waals surface area (Å²) >= 11 is 0. The summed E-state index contributed by atoms with van der Waals surface area (Å²) in [5.41, 5.74) is 3.44. The molecule has 5 N–H and O–H groups in total. The monoisotopic (exact) mass is 614 g/mol. The second-order valence-electron chi connectivity index (χ2n) is 13.6. The van der Waals surface area contributed by atoms with Gasteiger partial charge in [0, 0.05) is 49.2 Å². The summed E-state index contributed by atoms with van der Waals surface area (Å²) < 4.78 is 13.0. The molecule has 4 unspecified atom stereocenters. The molecule has 0 spiro atoms. The van der Waals surface area contributed by atoms with E-state index < -0.39 is 37.3 Å². The minimum atomic E-state index is -1.43. The number of phenols is 1. The SMILES string of the molecule is CC[C@H]1C[C@H]2C[C@H]3c4c(c5cc(O)ccc5n4C(=O)CCCCCCCCO[C@H]4OC(CO)[C@@H](O)[C@H](O)C4O)CCN(C2)C13. The zero-order valence-electron chi connectivity index (χ0n) is 25.9. The van der Waals surface area contributed by atoms with Crippen molar-refractivity contribution in [2.45, 2.75) is 120 Å². The van der Waals surface area contributed by atoms with E-state index in [1.54, 1.807) is 6.07 Å². The van der Waals surface area contributed by atoms with E-state index in [2.05, 4.69) is 11.8 Å². The van der Waals surface area contributed by atoms with Crippen molar-refractivity contribution in [2.24, 2.45) is 11.8 Å². The van der Waals surface area contributed by atoms with Crippen LogP contribution in [0.15, 0.2) is 18.2 Å². The van der Waals surface area contributed by atoms with Crippen molar-refractivity contribution in [1.82, 2.24) is 9.47 Å². The van der Waals surface area contributed by atoms with E-state index in [0.717, 1.165) is 68.8 Å². The summed E-state index contributed by atoms with van der Waals surface area (Å²) in [6.07, 6.45) is 4.28. The summed E-state index contributed by atoms with van der Waals surface area (Å²) in [5, 5.41) is 50.6. The number of ether oxygens (including phenoxy) is 2. The number of piperidine rings is 2. The van der Waals surface area contributed by atoms with Crippen molar-refractivity contribution in [2.75, 3.05) is 26.3 Å². The fourth-order valence-corrected chi connectivity index (χ4v) is 8.71. The number of aromatic nitrogens is 1. The third kappa shape index (κ3) is 6.07. The molecule has 10 heteroatoms. The third-order valence-electron chi connectivity index (χ3n) is 10.8. The minimum absolute atomic E-state index is 0.165. The van der Waals surface area contributed by atoms with E-state index in [0.29, 0.717) is 36.8 Å². The average Bonchev–Trinajstić information content (AvgIpc) is 3.29. The van der Waals surface area contributed by atoms with Crippen LogP contribution in [0.4, 0.5) is 0 Å². The first-order valence-electron chi connectivity index (χ1n) is 16.9. The molecular weight excluding hydrogens is 564 g/mol. The summed E-state index contributed by atoms with van der Waals surface area (Å²) in [4.78, 5) is 16.6. The lowest BCUT2D eigenvalue weighted by atomic mass is 9.65. The van der Waals surface area contributed by atoms with E-state index in [1.165, 1.54) is 30.6 Å². The van der Waals surface area contributed by atoms with Gasteiger partial charge in [0.2, 0.25) is 5.91 Å². The number of hydrogen-bond acceptors (Lipinski definition) is 9. The smallest absolute Gasteiger partial charge is 0.231 e. The summed E-state index contributed by atoms with van der Waals surface area (Å²) in [6.45, 7) is 4.38. The van der Waals surface area contributed by atoms with Gasteiger partial charge in [0.25, 0.3) is 0 Å². The molecule has 244 valence electrons.